The Labute approximate surface area is 159 Å². The van der Waals surface area contributed by atoms with Gasteiger partial charge in [0, 0.05) is 36.5 Å². The largest absolute Gasteiger partial charge is 0.326 e. The summed E-state index contributed by atoms with van der Waals surface area (Å²) in [6.45, 7) is 3.37. The van der Waals surface area contributed by atoms with Crippen molar-refractivity contribution in [1.82, 2.24) is 10.0 Å². The zero-order valence-corrected chi connectivity index (χ0v) is 16.0. The van der Waals surface area contributed by atoms with E-state index >= 15 is 0 Å². The number of fused-ring (bicyclic) bond motifs is 1. The van der Waals surface area contributed by atoms with Crippen molar-refractivity contribution in [2.24, 2.45) is 0 Å². The smallest absolute Gasteiger partial charge is 0.241 e. The van der Waals surface area contributed by atoms with E-state index in [4.69, 9.17) is 0 Å². The standard InChI is InChI=1S/C18H21N3O3S.ClH/c1-13(22)21-17-6-7-18(16-5-3-2-4-15(16)17)25(23,24)20-12-14-8-10-19-11-9-14;/h2-8,19-20H,9-12H2,1H3,(H,21,22);1H. The van der Waals surface area contributed by atoms with E-state index in [0.717, 1.165) is 25.1 Å². The van der Waals surface area contributed by atoms with Crippen LogP contribution in [0, 0.1) is 0 Å². The first-order chi connectivity index (χ1) is 12.0. The zero-order valence-electron chi connectivity index (χ0n) is 14.4. The van der Waals surface area contributed by atoms with E-state index in [1.54, 1.807) is 24.3 Å². The fraction of sp³-hybridized carbons (Fsp3) is 0.278. The van der Waals surface area contributed by atoms with Crippen molar-refractivity contribution in [3.63, 3.8) is 0 Å². The molecule has 0 unspecified atom stereocenters. The first-order valence-electron chi connectivity index (χ1n) is 8.15. The molecular formula is C18H22ClN3O3S. The van der Waals surface area contributed by atoms with E-state index in [9.17, 15) is 13.2 Å². The molecule has 0 fully saturated rings. The number of amides is 1. The number of anilines is 1. The number of sulfonamides is 1. The minimum Gasteiger partial charge on any atom is -0.326 e. The number of carbonyl (C=O) groups excluding carboxylic acids is 1. The number of carbonyl (C=O) groups is 1. The van der Waals surface area contributed by atoms with E-state index in [-0.39, 0.29) is 23.2 Å². The van der Waals surface area contributed by atoms with E-state index in [1.165, 1.54) is 13.0 Å². The molecule has 2 aromatic rings. The molecule has 0 spiro atoms. The fourth-order valence-electron chi connectivity index (χ4n) is 2.90. The third-order valence-corrected chi connectivity index (χ3v) is 5.59. The van der Waals surface area contributed by atoms with Crippen LogP contribution < -0.4 is 15.4 Å². The lowest BCUT2D eigenvalue weighted by molar-refractivity contribution is -0.114. The Bertz CT molecular complexity index is 942. The van der Waals surface area contributed by atoms with Gasteiger partial charge in [-0.25, -0.2) is 13.1 Å². The van der Waals surface area contributed by atoms with Gasteiger partial charge in [0.25, 0.3) is 0 Å². The molecule has 1 aliphatic heterocycles. The highest BCUT2D eigenvalue weighted by molar-refractivity contribution is 7.89. The van der Waals surface area contributed by atoms with E-state index < -0.39 is 10.0 Å². The normalized spacial score (nSPS) is 14.4. The van der Waals surface area contributed by atoms with Gasteiger partial charge in [-0.2, -0.15) is 0 Å². The molecule has 0 radical (unpaired) electrons. The lowest BCUT2D eigenvalue weighted by Crippen LogP contribution is -2.29. The van der Waals surface area contributed by atoms with Gasteiger partial charge in [0.1, 0.15) is 0 Å². The van der Waals surface area contributed by atoms with Crippen LogP contribution in [-0.2, 0) is 14.8 Å². The number of halogens is 1. The first-order valence-corrected chi connectivity index (χ1v) is 9.63. The summed E-state index contributed by atoms with van der Waals surface area (Å²) >= 11 is 0. The Hall–Kier alpha value is -1.93. The molecule has 8 heteroatoms. The summed E-state index contributed by atoms with van der Waals surface area (Å²) in [6.07, 6.45) is 2.86. The van der Waals surface area contributed by atoms with Crippen LogP contribution in [0.4, 0.5) is 5.69 Å². The van der Waals surface area contributed by atoms with Gasteiger partial charge in [-0.1, -0.05) is 35.9 Å². The molecule has 1 heterocycles. The van der Waals surface area contributed by atoms with Crippen molar-refractivity contribution >= 4 is 44.8 Å². The van der Waals surface area contributed by atoms with Crippen LogP contribution >= 0.6 is 12.4 Å². The third kappa shape index (κ3) is 4.62. The highest BCUT2D eigenvalue weighted by Crippen LogP contribution is 2.29. The predicted octanol–water partition coefficient (Wildman–Crippen LogP) is 2.42. The summed E-state index contributed by atoms with van der Waals surface area (Å²) in [4.78, 5) is 11.6. The van der Waals surface area contributed by atoms with Crippen LogP contribution in [0.25, 0.3) is 10.8 Å². The van der Waals surface area contributed by atoms with Gasteiger partial charge in [0.15, 0.2) is 0 Å². The predicted molar refractivity (Wildman–Crippen MR) is 106 cm³/mol. The van der Waals surface area contributed by atoms with Crippen LogP contribution in [0.2, 0.25) is 0 Å². The number of hydrogen-bond donors (Lipinski definition) is 3. The fourth-order valence-corrected chi connectivity index (χ4v) is 4.15. The maximum Gasteiger partial charge on any atom is 0.241 e. The molecule has 0 bridgehead atoms. The van der Waals surface area contributed by atoms with Crippen LogP contribution in [0.15, 0.2) is 52.9 Å². The van der Waals surface area contributed by atoms with E-state index in [0.29, 0.717) is 23.0 Å². The van der Waals surface area contributed by atoms with Crippen LogP contribution in [-0.4, -0.2) is 34.0 Å². The second-order valence-corrected chi connectivity index (χ2v) is 7.71. The van der Waals surface area contributed by atoms with Gasteiger partial charge in [-0.05, 0) is 25.1 Å². The Kier molecular flexibility index (Phi) is 6.77. The highest BCUT2D eigenvalue weighted by atomic mass is 35.5. The average molecular weight is 396 g/mol. The van der Waals surface area contributed by atoms with Crippen LogP contribution in [0.5, 0.6) is 0 Å². The second-order valence-electron chi connectivity index (χ2n) is 5.98. The molecule has 2 aromatic carbocycles. The summed E-state index contributed by atoms with van der Waals surface area (Å²) in [7, 11) is -3.66. The van der Waals surface area contributed by atoms with Crippen LogP contribution in [0.1, 0.15) is 13.3 Å². The maximum absolute atomic E-state index is 12.8. The molecule has 0 aliphatic carbocycles. The summed E-state index contributed by atoms with van der Waals surface area (Å²) in [5.41, 5.74) is 1.68. The molecule has 0 atom stereocenters. The van der Waals surface area contributed by atoms with Crippen molar-refractivity contribution in [2.75, 3.05) is 25.0 Å². The average Bonchev–Trinajstić information content (AvgIpc) is 2.61. The van der Waals surface area contributed by atoms with Crippen molar-refractivity contribution in [3.05, 3.63) is 48.0 Å². The van der Waals surface area contributed by atoms with Crippen molar-refractivity contribution in [1.29, 1.82) is 0 Å². The molecule has 0 aromatic heterocycles. The lowest BCUT2D eigenvalue weighted by Gasteiger charge is -2.16. The summed E-state index contributed by atoms with van der Waals surface area (Å²) in [6, 6.07) is 10.3. The quantitative estimate of drug-likeness (QED) is 0.678. The minimum absolute atomic E-state index is 0. The molecule has 140 valence electrons. The van der Waals surface area contributed by atoms with E-state index in [2.05, 4.69) is 15.4 Å². The Morgan fingerprint density at radius 1 is 1.15 bits per heavy atom. The van der Waals surface area contributed by atoms with Crippen LogP contribution in [0.3, 0.4) is 0 Å². The number of benzene rings is 2. The molecule has 1 aliphatic rings. The molecule has 0 saturated carbocycles. The lowest BCUT2D eigenvalue weighted by atomic mass is 10.1. The third-order valence-electron chi connectivity index (χ3n) is 4.13. The minimum atomic E-state index is -3.66. The molecule has 3 N–H and O–H groups in total. The zero-order chi connectivity index (χ0) is 17.9. The topological polar surface area (TPSA) is 87.3 Å². The second kappa shape index (κ2) is 8.64. The SMILES string of the molecule is CC(=O)Nc1ccc(S(=O)(=O)NCC2=CCNCC2)c2ccccc12.Cl. The number of rotatable bonds is 5. The molecule has 1 amide bonds. The van der Waals surface area contributed by atoms with Crippen molar-refractivity contribution in [2.45, 2.75) is 18.2 Å². The maximum atomic E-state index is 12.8. The Balaban J connectivity index is 0.00000243. The Morgan fingerprint density at radius 2 is 1.88 bits per heavy atom. The highest BCUT2D eigenvalue weighted by Gasteiger charge is 2.19. The van der Waals surface area contributed by atoms with Crippen molar-refractivity contribution < 1.29 is 13.2 Å². The first kappa shape index (κ1) is 20.4. The molecule has 3 rings (SSSR count). The van der Waals surface area contributed by atoms with Gasteiger partial charge in [0.05, 0.1) is 4.90 Å². The van der Waals surface area contributed by atoms with Gasteiger partial charge in [-0.3, -0.25) is 4.79 Å². The summed E-state index contributed by atoms with van der Waals surface area (Å²) in [5, 5.41) is 7.22. The number of hydrogen-bond acceptors (Lipinski definition) is 4. The van der Waals surface area contributed by atoms with E-state index in [1.807, 2.05) is 12.1 Å². The monoisotopic (exact) mass is 395 g/mol. The molecule has 6 nitrogen and oxygen atoms in total. The Morgan fingerprint density at radius 3 is 2.54 bits per heavy atom. The molecular weight excluding hydrogens is 374 g/mol. The summed E-state index contributed by atoms with van der Waals surface area (Å²) < 4.78 is 28.2. The number of nitrogens with one attached hydrogen (secondary N) is 3. The van der Waals surface area contributed by atoms with Gasteiger partial charge in [0.2, 0.25) is 15.9 Å². The van der Waals surface area contributed by atoms with Gasteiger partial charge in [-0.15, -0.1) is 12.4 Å². The van der Waals surface area contributed by atoms with Gasteiger partial charge >= 0.3 is 0 Å². The molecule has 26 heavy (non-hydrogen) atoms. The molecule has 0 saturated heterocycles. The van der Waals surface area contributed by atoms with Gasteiger partial charge < -0.3 is 10.6 Å². The van der Waals surface area contributed by atoms with Crippen molar-refractivity contribution in [3.8, 4) is 0 Å². The summed E-state index contributed by atoms with van der Waals surface area (Å²) in [5.74, 6) is -0.197.